The monoisotopic (exact) mass is 364 g/mol. The van der Waals surface area contributed by atoms with Crippen molar-refractivity contribution in [3.63, 3.8) is 0 Å². The zero-order chi connectivity index (χ0) is 19.7. The third-order valence-electron chi connectivity index (χ3n) is 4.58. The van der Waals surface area contributed by atoms with Gasteiger partial charge in [-0.1, -0.05) is 18.2 Å². The average molecular weight is 364 g/mol. The standard InChI is InChI=1S/C22H24N2O3/c1-13(2)27-18-10-8-17(9-11-18)23-20-19(21(25)24(5)22(20)26)16-7-6-14(3)15(4)12-16/h6-13,23H,1-5H3. The van der Waals surface area contributed by atoms with Crippen LogP contribution in [-0.2, 0) is 9.59 Å². The summed E-state index contributed by atoms with van der Waals surface area (Å²) < 4.78 is 5.64. The van der Waals surface area contributed by atoms with Crippen molar-refractivity contribution in [3.05, 3.63) is 64.9 Å². The number of hydrogen-bond acceptors (Lipinski definition) is 4. The highest BCUT2D eigenvalue weighted by Crippen LogP contribution is 2.31. The van der Waals surface area contributed by atoms with E-state index in [1.54, 1.807) is 0 Å². The van der Waals surface area contributed by atoms with Crippen LogP contribution >= 0.6 is 0 Å². The smallest absolute Gasteiger partial charge is 0.277 e. The number of amides is 2. The van der Waals surface area contributed by atoms with E-state index in [9.17, 15) is 9.59 Å². The zero-order valence-electron chi connectivity index (χ0n) is 16.3. The molecule has 2 aromatic rings. The zero-order valence-corrected chi connectivity index (χ0v) is 16.3. The number of benzene rings is 2. The molecular weight excluding hydrogens is 340 g/mol. The van der Waals surface area contributed by atoms with E-state index in [4.69, 9.17) is 4.74 Å². The molecule has 3 rings (SSSR count). The Morgan fingerprint density at radius 3 is 2.19 bits per heavy atom. The van der Waals surface area contributed by atoms with Gasteiger partial charge in [0.15, 0.2) is 0 Å². The Hall–Kier alpha value is -3.08. The van der Waals surface area contributed by atoms with Gasteiger partial charge in [-0.3, -0.25) is 14.5 Å². The molecule has 0 fully saturated rings. The minimum absolute atomic E-state index is 0.0885. The lowest BCUT2D eigenvalue weighted by atomic mass is 9.99. The maximum Gasteiger partial charge on any atom is 0.277 e. The summed E-state index contributed by atoms with van der Waals surface area (Å²) in [7, 11) is 1.50. The number of rotatable bonds is 5. The Kier molecular flexibility index (Phi) is 5.04. The summed E-state index contributed by atoms with van der Waals surface area (Å²) in [6.45, 7) is 7.93. The highest BCUT2D eigenvalue weighted by atomic mass is 16.5. The van der Waals surface area contributed by atoms with Gasteiger partial charge < -0.3 is 10.1 Å². The van der Waals surface area contributed by atoms with Crippen LogP contribution in [0.25, 0.3) is 5.57 Å². The van der Waals surface area contributed by atoms with Gasteiger partial charge >= 0.3 is 0 Å². The molecule has 1 aliphatic rings. The molecule has 0 aromatic heterocycles. The molecule has 0 spiro atoms. The fourth-order valence-electron chi connectivity index (χ4n) is 2.96. The molecule has 0 saturated carbocycles. The molecule has 5 heteroatoms. The first kappa shape index (κ1) is 18.7. The minimum Gasteiger partial charge on any atom is -0.491 e. The minimum atomic E-state index is -0.337. The number of carbonyl (C=O) groups is 2. The second-order valence-electron chi connectivity index (χ2n) is 7.03. The Labute approximate surface area is 159 Å². The predicted octanol–water partition coefficient (Wildman–Crippen LogP) is 3.91. The van der Waals surface area contributed by atoms with E-state index in [2.05, 4.69) is 5.32 Å². The fraction of sp³-hybridized carbons (Fsp3) is 0.273. The molecule has 0 unspecified atom stereocenters. The van der Waals surface area contributed by atoms with E-state index < -0.39 is 0 Å². The highest BCUT2D eigenvalue weighted by Gasteiger charge is 2.36. The van der Waals surface area contributed by atoms with Crippen LogP contribution in [-0.4, -0.2) is 29.9 Å². The summed E-state index contributed by atoms with van der Waals surface area (Å²) >= 11 is 0. The van der Waals surface area contributed by atoms with Crippen LogP contribution in [0.5, 0.6) is 5.75 Å². The van der Waals surface area contributed by atoms with Crippen LogP contribution < -0.4 is 10.1 Å². The molecule has 0 radical (unpaired) electrons. The Morgan fingerprint density at radius 2 is 1.59 bits per heavy atom. The largest absolute Gasteiger partial charge is 0.491 e. The fourth-order valence-corrected chi connectivity index (χ4v) is 2.96. The van der Waals surface area contributed by atoms with Crippen molar-refractivity contribution < 1.29 is 14.3 Å². The second-order valence-corrected chi connectivity index (χ2v) is 7.03. The second kappa shape index (κ2) is 7.27. The van der Waals surface area contributed by atoms with E-state index in [1.165, 1.54) is 7.05 Å². The molecule has 140 valence electrons. The van der Waals surface area contributed by atoms with E-state index in [0.29, 0.717) is 11.3 Å². The molecular formula is C22H24N2O3. The lowest BCUT2D eigenvalue weighted by Gasteiger charge is -2.12. The summed E-state index contributed by atoms with van der Waals surface area (Å²) in [4.78, 5) is 26.4. The SMILES string of the molecule is Cc1ccc(C2=C(Nc3ccc(OC(C)C)cc3)C(=O)N(C)C2=O)cc1C. The van der Waals surface area contributed by atoms with Gasteiger partial charge in [0.1, 0.15) is 11.4 Å². The van der Waals surface area contributed by atoms with Crippen LogP contribution in [0.3, 0.4) is 0 Å². The molecule has 0 atom stereocenters. The van der Waals surface area contributed by atoms with Crippen LogP contribution in [0.1, 0.15) is 30.5 Å². The lowest BCUT2D eigenvalue weighted by molar-refractivity contribution is -0.135. The number of hydrogen-bond donors (Lipinski definition) is 1. The molecule has 27 heavy (non-hydrogen) atoms. The van der Waals surface area contributed by atoms with Crippen LogP contribution in [0.4, 0.5) is 5.69 Å². The van der Waals surface area contributed by atoms with Gasteiger partial charge in [0.05, 0.1) is 11.7 Å². The first-order valence-electron chi connectivity index (χ1n) is 8.96. The summed E-state index contributed by atoms with van der Waals surface area (Å²) in [5.41, 5.74) is 4.36. The first-order valence-corrected chi connectivity index (χ1v) is 8.96. The molecule has 5 nitrogen and oxygen atoms in total. The van der Waals surface area contributed by atoms with Gasteiger partial charge in [0.2, 0.25) is 0 Å². The van der Waals surface area contributed by atoms with Crippen LogP contribution in [0.15, 0.2) is 48.2 Å². The topological polar surface area (TPSA) is 58.6 Å². The third kappa shape index (κ3) is 3.72. The molecule has 0 saturated heterocycles. The van der Waals surface area contributed by atoms with Crippen molar-refractivity contribution in [3.8, 4) is 5.75 Å². The predicted molar refractivity (Wildman–Crippen MR) is 106 cm³/mol. The van der Waals surface area contributed by atoms with E-state index in [-0.39, 0.29) is 17.9 Å². The summed E-state index contributed by atoms with van der Waals surface area (Å²) in [5.74, 6) is 0.117. The summed E-state index contributed by atoms with van der Waals surface area (Å²) in [6.07, 6.45) is 0.0885. The number of carbonyl (C=O) groups excluding carboxylic acids is 2. The number of imide groups is 1. The van der Waals surface area contributed by atoms with Crippen molar-refractivity contribution in [2.45, 2.75) is 33.8 Å². The van der Waals surface area contributed by atoms with E-state index >= 15 is 0 Å². The van der Waals surface area contributed by atoms with Gasteiger partial charge in [-0.25, -0.2) is 0 Å². The Morgan fingerprint density at radius 1 is 0.926 bits per heavy atom. The van der Waals surface area contributed by atoms with Crippen molar-refractivity contribution in [2.75, 3.05) is 12.4 Å². The first-order chi connectivity index (χ1) is 12.8. The average Bonchev–Trinajstić information content (AvgIpc) is 2.83. The van der Waals surface area contributed by atoms with Crippen molar-refractivity contribution in [1.82, 2.24) is 4.90 Å². The number of nitrogens with one attached hydrogen (secondary N) is 1. The summed E-state index contributed by atoms with van der Waals surface area (Å²) in [5, 5.41) is 3.13. The van der Waals surface area contributed by atoms with Crippen LogP contribution in [0.2, 0.25) is 0 Å². The van der Waals surface area contributed by atoms with Gasteiger partial charge in [0, 0.05) is 12.7 Å². The third-order valence-corrected chi connectivity index (χ3v) is 4.58. The molecule has 1 heterocycles. The van der Waals surface area contributed by atoms with Gasteiger partial charge in [-0.15, -0.1) is 0 Å². The molecule has 2 amide bonds. The maximum atomic E-state index is 12.7. The Balaban J connectivity index is 1.98. The lowest BCUT2D eigenvalue weighted by Crippen LogP contribution is -2.27. The normalized spacial score (nSPS) is 14.4. The van der Waals surface area contributed by atoms with Crippen molar-refractivity contribution in [1.29, 1.82) is 0 Å². The number of likely N-dealkylation sites (N-methyl/N-ethyl adjacent to an activating group) is 1. The number of anilines is 1. The molecule has 2 aromatic carbocycles. The molecule has 0 aliphatic carbocycles. The van der Waals surface area contributed by atoms with E-state index in [0.717, 1.165) is 33.0 Å². The summed E-state index contributed by atoms with van der Waals surface area (Å²) in [6, 6.07) is 13.1. The maximum absolute atomic E-state index is 12.7. The number of nitrogens with zero attached hydrogens (tertiary/aromatic N) is 1. The van der Waals surface area contributed by atoms with Gasteiger partial charge in [-0.2, -0.15) is 0 Å². The molecule has 0 bridgehead atoms. The van der Waals surface area contributed by atoms with Crippen LogP contribution in [0, 0.1) is 13.8 Å². The van der Waals surface area contributed by atoms with Gasteiger partial charge in [0.25, 0.3) is 11.8 Å². The molecule has 1 aliphatic heterocycles. The van der Waals surface area contributed by atoms with Gasteiger partial charge in [-0.05, 0) is 68.7 Å². The van der Waals surface area contributed by atoms with E-state index in [1.807, 2.05) is 70.2 Å². The quantitative estimate of drug-likeness (QED) is 0.817. The Bertz CT molecular complexity index is 927. The molecule has 1 N–H and O–H groups in total. The highest BCUT2D eigenvalue weighted by molar-refractivity contribution is 6.36. The number of ether oxygens (including phenoxy) is 1. The van der Waals surface area contributed by atoms with Crippen molar-refractivity contribution >= 4 is 23.1 Å². The van der Waals surface area contributed by atoms with Crippen molar-refractivity contribution in [2.24, 2.45) is 0 Å². The number of aryl methyl sites for hydroxylation is 2.